The SMILES string of the molecule is COc1cccc(C2(c3ccc(O)cc3)CCN(Cc3ccccc3)CC2)c1. The monoisotopic (exact) mass is 373 g/mol. The van der Waals surface area contributed by atoms with Gasteiger partial charge in [0.15, 0.2) is 0 Å². The van der Waals surface area contributed by atoms with Crippen LogP contribution in [0.5, 0.6) is 11.5 Å². The lowest BCUT2D eigenvalue weighted by molar-refractivity contribution is 0.172. The van der Waals surface area contributed by atoms with Crippen LogP contribution in [0.15, 0.2) is 78.9 Å². The third-order valence-corrected chi connectivity index (χ3v) is 6.00. The molecule has 1 saturated heterocycles. The minimum Gasteiger partial charge on any atom is -0.508 e. The molecule has 3 aromatic carbocycles. The van der Waals surface area contributed by atoms with Gasteiger partial charge >= 0.3 is 0 Å². The Hall–Kier alpha value is -2.78. The molecule has 1 aliphatic rings. The summed E-state index contributed by atoms with van der Waals surface area (Å²) in [5.41, 5.74) is 3.85. The van der Waals surface area contributed by atoms with Gasteiger partial charge in [-0.05, 0) is 66.9 Å². The minimum atomic E-state index is -0.0601. The average molecular weight is 373 g/mol. The standard InChI is InChI=1S/C25H27NO2/c1-28-24-9-5-8-22(18-24)25(21-10-12-23(27)13-11-21)14-16-26(17-15-25)19-20-6-3-2-4-7-20/h2-13,18,27H,14-17,19H2,1H3. The Labute approximate surface area is 167 Å². The first-order valence-corrected chi connectivity index (χ1v) is 9.90. The van der Waals surface area contributed by atoms with Crippen LogP contribution >= 0.6 is 0 Å². The summed E-state index contributed by atoms with van der Waals surface area (Å²) in [4.78, 5) is 2.54. The molecule has 0 bridgehead atoms. The second kappa shape index (κ2) is 8.07. The van der Waals surface area contributed by atoms with Crippen molar-refractivity contribution in [2.45, 2.75) is 24.8 Å². The molecule has 0 aliphatic carbocycles. The van der Waals surface area contributed by atoms with Gasteiger partial charge in [-0.15, -0.1) is 0 Å². The molecule has 28 heavy (non-hydrogen) atoms. The van der Waals surface area contributed by atoms with Gasteiger partial charge in [-0.25, -0.2) is 0 Å². The first-order chi connectivity index (χ1) is 13.7. The van der Waals surface area contributed by atoms with E-state index in [4.69, 9.17) is 4.74 Å². The van der Waals surface area contributed by atoms with Gasteiger partial charge < -0.3 is 9.84 Å². The number of hydrogen-bond acceptors (Lipinski definition) is 3. The van der Waals surface area contributed by atoms with Crippen LogP contribution < -0.4 is 4.74 Å². The van der Waals surface area contributed by atoms with Crippen molar-refractivity contribution in [3.63, 3.8) is 0 Å². The number of ether oxygens (including phenoxy) is 1. The van der Waals surface area contributed by atoms with E-state index < -0.39 is 0 Å². The van der Waals surface area contributed by atoms with Crippen LogP contribution in [0.3, 0.4) is 0 Å². The molecule has 3 aromatic rings. The summed E-state index contributed by atoms with van der Waals surface area (Å²) in [6.07, 6.45) is 2.08. The molecule has 0 unspecified atom stereocenters. The fraction of sp³-hybridized carbons (Fsp3) is 0.280. The molecule has 0 saturated carbocycles. The number of phenols is 1. The number of benzene rings is 3. The molecule has 1 fully saturated rings. The van der Waals surface area contributed by atoms with Crippen LogP contribution in [0.1, 0.15) is 29.5 Å². The van der Waals surface area contributed by atoms with Crippen molar-refractivity contribution in [2.24, 2.45) is 0 Å². The highest BCUT2D eigenvalue weighted by Crippen LogP contribution is 2.43. The minimum absolute atomic E-state index is 0.0601. The van der Waals surface area contributed by atoms with Crippen molar-refractivity contribution in [3.05, 3.63) is 95.6 Å². The Morgan fingerprint density at radius 2 is 1.57 bits per heavy atom. The van der Waals surface area contributed by atoms with Gasteiger partial charge in [0.25, 0.3) is 0 Å². The van der Waals surface area contributed by atoms with Crippen LogP contribution in [-0.4, -0.2) is 30.2 Å². The summed E-state index contributed by atoms with van der Waals surface area (Å²) < 4.78 is 5.50. The summed E-state index contributed by atoms with van der Waals surface area (Å²) in [5.74, 6) is 1.20. The predicted octanol–water partition coefficient (Wildman–Crippen LogP) is 4.98. The molecule has 1 aliphatic heterocycles. The number of likely N-dealkylation sites (tertiary alicyclic amines) is 1. The first-order valence-electron chi connectivity index (χ1n) is 9.90. The lowest BCUT2D eigenvalue weighted by Gasteiger charge is -2.43. The maximum atomic E-state index is 9.77. The Morgan fingerprint density at radius 1 is 0.857 bits per heavy atom. The molecule has 0 aromatic heterocycles. The summed E-state index contributed by atoms with van der Waals surface area (Å²) in [6.45, 7) is 3.06. The molecule has 3 heteroatoms. The zero-order valence-electron chi connectivity index (χ0n) is 16.3. The highest BCUT2D eigenvalue weighted by atomic mass is 16.5. The van der Waals surface area contributed by atoms with Crippen molar-refractivity contribution < 1.29 is 9.84 Å². The lowest BCUT2D eigenvalue weighted by atomic mass is 9.68. The molecule has 3 nitrogen and oxygen atoms in total. The number of piperidine rings is 1. The summed E-state index contributed by atoms with van der Waals surface area (Å²) in [7, 11) is 1.72. The van der Waals surface area contributed by atoms with E-state index in [0.717, 1.165) is 38.2 Å². The summed E-state index contributed by atoms with van der Waals surface area (Å²) >= 11 is 0. The third kappa shape index (κ3) is 3.76. The highest BCUT2D eigenvalue weighted by Gasteiger charge is 2.38. The quantitative estimate of drug-likeness (QED) is 0.684. The second-order valence-electron chi connectivity index (χ2n) is 7.62. The number of aromatic hydroxyl groups is 1. The van der Waals surface area contributed by atoms with E-state index in [2.05, 4.69) is 65.6 Å². The average Bonchev–Trinajstić information content (AvgIpc) is 2.76. The van der Waals surface area contributed by atoms with Crippen molar-refractivity contribution >= 4 is 0 Å². The number of methoxy groups -OCH3 is 1. The molecule has 1 heterocycles. The van der Waals surface area contributed by atoms with E-state index in [1.807, 2.05) is 6.07 Å². The van der Waals surface area contributed by atoms with Gasteiger partial charge in [0.2, 0.25) is 0 Å². The van der Waals surface area contributed by atoms with E-state index in [1.54, 1.807) is 19.2 Å². The number of nitrogens with zero attached hydrogens (tertiary/aromatic N) is 1. The summed E-state index contributed by atoms with van der Waals surface area (Å²) in [6, 6.07) is 26.9. The molecule has 0 atom stereocenters. The van der Waals surface area contributed by atoms with Crippen molar-refractivity contribution in [1.29, 1.82) is 0 Å². The van der Waals surface area contributed by atoms with Crippen molar-refractivity contribution in [3.8, 4) is 11.5 Å². The van der Waals surface area contributed by atoms with E-state index in [9.17, 15) is 5.11 Å². The molecule has 144 valence electrons. The van der Waals surface area contributed by atoms with E-state index in [0.29, 0.717) is 5.75 Å². The van der Waals surface area contributed by atoms with Gasteiger partial charge in [-0.2, -0.15) is 0 Å². The number of phenolic OH excluding ortho intramolecular Hbond substituents is 1. The number of rotatable bonds is 5. The normalized spacial score (nSPS) is 16.6. The smallest absolute Gasteiger partial charge is 0.119 e. The molecule has 1 N–H and O–H groups in total. The first kappa shape index (κ1) is 18.6. The van der Waals surface area contributed by atoms with Crippen LogP contribution in [0, 0.1) is 0 Å². The van der Waals surface area contributed by atoms with Crippen LogP contribution in [-0.2, 0) is 12.0 Å². The molecule has 0 amide bonds. The third-order valence-electron chi connectivity index (χ3n) is 6.00. The van der Waals surface area contributed by atoms with Gasteiger partial charge in [-0.1, -0.05) is 54.6 Å². The van der Waals surface area contributed by atoms with Crippen LogP contribution in [0.25, 0.3) is 0 Å². The Bertz CT molecular complexity index is 897. The van der Waals surface area contributed by atoms with Crippen molar-refractivity contribution in [2.75, 3.05) is 20.2 Å². The zero-order valence-corrected chi connectivity index (χ0v) is 16.3. The molecular weight excluding hydrogens is 346 g/mol. The Kier molecular flexibility index (Phi) is 5.36. The van der Waals surface area contributed by atoms with Gasteiger partial charge in [0, 0.05) is 12.0 Å². The second-order valence-corrected chi connectivity index (χ2v) is 7.62. The maximum Gasteiger partial charge on any atom is 0.119 e. The Morgan fingerprint density at radius 3 is 2.25 bits per heavy atom. The van der Waals surface area contributed by atoms with E-state index in [1.165, 1.54) is 16.7 Å². The number of hydrogen-bond donors (Lipinski definition) is 1. The lowest BCUT2D eigenvalue weighted by Crippen LogP contribution is -2.43. The van der Waals surface area contributed by atoms with Crippen LogP contribution in [0.4, 0.5) is 0 Å². The largest absolute Gasteiger partial charge is 0.508 e. The van der Waals surface area contributed by atoms with Crippen LogP contribution in [0.2, 0.25) is 0 Å². The molecule has 0 radical (unpaired) electrons. The fourth-order valence-electron chi connectivity index (χ4n) is 4.38. The van der Waals surface area contributed by atoms with Gasteiger partial charge in [-0.3, -0.25) is 4.90 Å². The zero-order chi connectivity index (χ0) is 19.4. The van der Waals surface area contributed by atoms with E-state index in [-0.39, 0.29) is 5.41 Å². The topological polar surface area (TPSA) is 32.7 Å². The van der Waals surface area contributed by atoms with E-state index >= 15 is 0 Å². The summed E-state index contributed by atoms with van der Waals surface area (Å²) in [5, 5.41) is 9.77. The highest BCUT2D eigenvalue weighted by molar-refractivity contribution is 5.44. The predicted molar refractivity (Wildman–Crippen MR) is 113 cm³/mol. The molecule has 4 rings (SSSR count). The fourth-order valence-corrected chi connectivity index (χ4v) is 4.38. The maximum absolute atomic E-state index is 9.77. The van der Waals surface area contributed by atoms with Gasteiger partial charge in [0.05, 0.1) is 7.11 Å². The molecule has 0 spiro atoms. The van der Waals surface area contributed by atoms with Crippen molar-refractivity contribution in [1.82, 2.24) is 4.90 Å². The molecular formula is C25H27NO2. The Balaban J connectivity index is 1.63. The van der Waals surface area contributed by atoms with Gasteiger partial charge in [0.1, 0.15) is 11.5 Å².